The molecule has 0 radical (unpaired) electrons. The first-order valence-corrected chi connectivity index (χ1v) is 8.79. The molecule has 2 aromatic rings. The van der Waals surface area contributed by atoms with Gasteiger partial charge in [-0.2, -0.15) is 0 Å². The summed E-state index contributed by atoms with van der Waals surface area (Å²) in [5, 5.41) is 4.50. The average molecular weight is 414 g/mol. The molecule has 0 aliphatic rings. The van der Waals surface area contributed by atoms with Gasteiger partial charge in [0.25, 0.3) is 0 Å². The van der Waals surface area contributed by atoms with Gasteiger partial charge < -0.3 is 5.32 Å². The summed E-state index contributed by atoms with van der Waals surface area (Å²) in [7, 11) is 0. The van der Waals surface area contributed by atoms with E-state index in [2.05, 4.69) is 78.2 Å². The molecule has 2 aromatic carbocycles. The minimum Gasteiger partial charge on any atom is -0.310 e. The minimum absolute atomic E-state index is 0.308. The molecule has 0 spiro atoms. The third kappa shape index (κ3) is 4.97. The Morgan fingerprint density at radius 1 is 1.14 bits per heavy atom. The van der Waals surface area contributed by atoms with E-state index in [1.165, 1.54) is 20.3 Å². The fourth-order valence-electron chi connectivity index (χ4n) is 2.36. The van der Waals surface area contributed by atoms with Crippen LogP contribution in [0.4, 0.5) is 0 Å². The number of halogens is 2. The summed E-state index contributed by atoms with van der Waals surface area (Å²) < 4.78 is 1.26. The molecule has 0 amide bonds. The second kappa shape index (κ2) is 8.16. The largest absolute Gasteiger partial charge is 0.310 e. The zero-order valence-corrected chi connectivity index (χ0v) is 15.4. The molecule has 3 heteroatoms. The molecule has 1 nitrogen and oxygen atoms in total. The maximum atomic E-state index is 6.39. The first-order chi connectivity index (χ1) is 10.1. The highest BCUT2D eigenvalue weighted by atomic mass is 127. The van der Waals surface area contributed by atoms with Crippen molar-refractivity contribution in [2.75, 3.05) is 6.54 Å². The highest BCUT2D eigenvalue weighted by Gasteiger charge is 2.13. The molecule has 0 fully saturated rings. The standard InChI is InChI=1S/C18H21ClIN/c1-3-10-21-18(14-6-8-16(20)9-7-14)12-15-5-4-13(2)11-17(15)19/h4-9,11,18,21H,3,10,12H2,1-2H3. The van der Waals surface area contributed by atoms with E-state index in [0.717, 1.165) is 24.4 Å². The summed E-state index contributed by atoms with van der Waals surface area (Å²) in [5.74, 6) is 0. The monoisotopic (exact) mass is 413 g/mol. The van der Waals surface area contributed by atoms with Gasteiger partial charge in [0, 0.05) is 14.6 Å². The maximum Gasteiger partial charge on any atom is 0.0441 e. The minimum atomic E-state index is 0.308. The van der Waals surface area contributed by atoms with Crippen LogP contribution < -0.4 is 5.32 Å². The van der Waals surface area contributed by atoms with E-state index >= 15 is 0 Å². The molecule has 1 atom stereocenters. The van der Waals surface area contributed by atoms with Crippen LogP contribution in [0.1, 0.15) is 36.1 Å². The van der Waals surface area contributed by atoms with E-state index in [1.807, 2.05) is 6.07 Å². The van der Waals surface area contributed by atoms with Crippen molar-refractivity contribution in [1.82, 2.24) is 5.32 Å². The number of hydrogen-bond donors (Lipinski definition) is 1. The molecule has 2 rings (SSSR count). The van der Waals surface area contributed by atoms with E-state index < -0.39 is 0 Å². The lowest BCUT2D eigenvalue weighted by Gasteiger charge is -2.20. The molecule has 0 heterocycles. The van der Waals surface area contributed by atoms with Crippen molar-refractivity contribution in [3.05, 3.63) is 67.7 Å². The Morgan fingerprint density at radius 3 is 2.48 bits per heavy atom. The SMILES string of the molecule is CCCNC(Cc1ccc(C)cc1Cl)c1ccc(I)cc1. The van der Waals surface area contributed by atoms with Crippen LogP contribution >= 0.6 is 34.2 Å². The van der Waals surface area contributed by atoms with Crippen LogP contribution in [0, 0.1) is 10.5 Å². The van der Waals surface area contributed by atoms with Crippen LogP contribution in [0.3, 0.4) is 0 Å². The van der Waals surface area contributed by atoms with Gasteiger partial charge in [-0.15, -0.1) is 0 Å². The van der Waals surface area contributed by atoms with E-state index in [1.54, 1.807) is 0 Å². The average Bonchev–Trinajstić information content (AvgIpc) is 2.46. The first kappa shape index (κ1) is 16.8. The molecule has 112 valence electrons. The zero-order valence-electron chi connectivity index (χ0n) is 12.5. The Bertz CT molecular complexity index is 580. The van der Waals surface area contributed by atoms with Gasteiger partial charge in [0.1, 0.15) is 0 Å². The second-order valence-electron chi connectivity index (χ2n) is 5.36. The summed E-state index contributed by atoms with van der Waals surface area (Å²) in [5.41, 5.74) is 3.73. The van der Waals surface area contributed by atoms with Crippen molar-refractivity contribution in [2.24, 2.45) is 0 Å². The number of aryl methyl sites for hydroxylation is 1. The topological polar surface area (TPSA) is 12.0 Å². The molecule has 21 heavy (non-hydrogen) atoms. The lowest BCUT2D eigenvalue weighted by Crippen LogP contribution is -2.24. The molecule has 0 saturated carbocycles. The number of nitrogens with one attached hydrogen (secondary N) is 1. The van der Waals surface area contributed by atoms with Gasteiger partial charge in [0.2, 0.25) is 0 Å². The third-order valence-corrected chi connectivity index (χ3v) is 4.62. The molecule has 0 saturated heterocycles. The fourth-order valence-corrected chi connectivity index (χ4v) is 3.03. The predicted octanol–water partition coefficient (Wildman–Crippen LogP) is 5.54. The number of hydrogen-bond acceptors (Lipinski definition) is 1. The first-order valence-electron chi connectivity index (χ1n) is 7.34. The zero-order chi connectivity index (χ0) is 15.2. The van der Waals surface area contributed by atoms with Gasteiger partial charge in [-0.3, -0.25) is 0 Å². The lowest BCUT2D eigenvalue weighted by molar-refractivity contribution is 0.529. The number of benzene rings is 2. The highest BCUT2D eigenvalue weighted by molar-refractivity contribution is 14.1. The van der Waals surface area contributed by atoms with E-state index in [4.69, 9.17) is 11.6 Å². The lowest BCUT2D eigenvalue weighted by atomic mass is 9.98. The highest BCUT2D eigenvalue weighted by Crippen LogP contribution is 2.25. The van der Waals surface area contributed by atoms with Gasteiger partial charge >= 0.3 is 0 Å². The van der Waals surface area contributed by atoms with Crippen LogP contribution in [0.15, 0.2) is 42.5 Å². The van der Waals surface area contributed by atoms with Crippen molar-refractivity contribution in [3.8, 4) is 0 Å². The quantitative estimate of drug-likeness (QED) is 0.613. The van der Waals surface area contributed by atoms with Crippen molar-refractivity contribution >= 4 is 34.2 Å². The normalized spacial score (nSPS) is 12.4. The van der Waals surface area contributed by atoms with Crippen LogP contribution in [0.25, 0.3) is 0 Å². The second-order valence-corrected chi connectivity index (χ2v) is 7.01. The van der Waals surface area contributed by atoms with Crippen molar-refractivity contribution < 1.29 is 0 Å². The molecule has 1 unspecified atom stereocenters. The van der Waals surface area contributed by atoms with Crippen LogP contribution in [-0.2, 0) is 6.42 Å². The van der Waals surface area contributed by atoms with E-state index in [-0.39, 0.29) is 0 Å². The maximum absolute atomic E-state index is 6.39. The molecular formula is C18H21ClIN. The van der Waals surface area contributed by atoms with E-state index in [0.29, 0.717) is 6.04 Å². The van der Waals surface area contributed by atoms with Crippen LogP contribution in [0.2, 0.25) is 5.02 Å². The van der Waals surface area contributed by atoms with Crippen molar-refractivity contribution in [2.45, 2.75) is 32.7 Å². The fraction of sp³-hybridized carbons (Fsp3) is 0.333. The van der Waals surface area contributed by atoms with Crippen LogP contribution in [0.5, 0.6) is 0 Å². The van der Waals surface area contributed by atoms with Gasteiger partial charge in [-0.1, -0.05) is 42.8 Å². The Morgan fingerprint density at radius 2 is 1.86 bits per heavy atom. The Labute approximate surface area is 146 Å². The molecule has 0 aromatic heterocycles. The third-order valence-electron chi connectivity index (χ3n) is 3.55. The Kier molecular flexibility index (Phi) is 6.52. The molecular weight excluding hydrogens is 393 g/mol. The Balaban J connectivity index is 2.21. The van der Waals surface area contributed by atoms with Crippen molar-refractivity contribution in [1.29, 1.82) is 0 Å². The van der Waals surface area contributed by atoms with Crippen molar-refractivity contribution in [3.63, 3.8) is 0 Å². The molecule has 0 aliphatic carbocycles. The van der Waals surface area contributed by atoms with E-state index in [9.17, 15) is 0 Å². The summed E-state index contributed by atoms with van der Waals surface area (Å²) in [6.45, 7) is 5.28. The molecule has 0 aliphatic heterocycles. The Hall–Kier alpha value is -0.580. The van der Waals surface area contributed by atoms with Gasteiger partial charge in [-0.05, 0) is 83.8 Å². The predicted molar refractivity (Wildman–Crippen MR) is 100 cm³/mol. The molecule has 1 N–H and O–H groups in total. The smallest absolute Gasteiger partial charge is 0.0441 e. The summed E-state index contributed by atoms with van der Waals surface area (Å²) in [6, 6.07) is 15.4. The molecule has 0 bridgehead atoms. The van der Waals surface area contributed by atoms with Gasteiger partial charge in [0.15, 0.2) is 0 Å². The summed E-state index contributed by atoms with van der Waals surface area (Å²) >= 11 is 8.73. The summed E-state index contributed by atoms with van der Waals surface area (Å²) in [4.78, 5) is 0. The van der Waals surface area contributed by atoms with Gasteiger partial charge in [0.05, 0.1) is 0 Å². The summed E-state index contributed by atoms with van der Waals surface area (Å²) in [6.07, 6.45) is 2.04. The number of rotatable bonds is 6. The van der Waals surface area contributed by atoms with Gasteiger partial charge in [-0.25, -0.2) is 0 Å². The van der Waals surface area contributed by atoms with Crippen LogP contribution in [-0.4, -0.2) is 6.54 Å².